The van der Waals surface area contributed by atoms with Crippen LogP contribution in [-0.2, 0) is 22.4 Å². The molecule has 1 unspecified atom stereocenters. The van der Waals surface area contributed by atoms with Crippen molar-refractivity contribution in [1.82, 2.24) is 15.5 Å². The van der Waals surface area contributed by atoms with Gasteiger partial charge in [-0.3, -0.25) is 14.9 Å². The fourth-order valence-electron chi connectivity index (χ4n) is 2.41. The number of hydrogen-bond donors (Lipinski definition) is 2. The summed E-state index contributed by atoms with van der Waals surface area (Å²) in [5.41, 5.74) is 0.808. The van der Waals surface area contributed by atoms with E-state index in [0.29, 0.717) is 16.6 Å². The first kappa shape index (κ1) is 21.4. The summed E-state index contributed by atoms with van der Waals surface area (Å²) in [6.45, 7) is 1.96. The Balaban J connectivity index is 1.61. The van der Waals surface area contributed by atoms with Crippen molar-refractivity contribution in [3.05, 3.63) is 58.5 Å². The van der Waals surface area contributed by atoms with Crippen molar-refractivity contribution in [3.63, 3.8) is 0 Å². The molecule has 7 nitrogen and oxygen atoms in total. The van der Waals surface area contributed by atoms with Crippen molar-refractivity contribution >= 4 is 51.6 Å². The van der Waals surface area contributed by atoms with E-state index in [2.05, 4.69) is 20.8 Å². The molecule has 29 heavy (non-hydrogen) atoms. The predicted octanol–water partition coefficient (Wildman–Crippen LogP) is 3.81. The molecule has 2 heterocycles. The zero-order valence-corrected chi connectivity index (χ0v) is 17.9. The molecule has 1 atom stereocenters. The normalized spacial score (nSPS) is 11.8. The SMILES string of the molecule is CCc1nnc(NC(=O)C(Cc2ccoc2)NC(=O)CSc2ccc(Cl)cc2)s1. The first-order valence-electron chi connectivity index (χ1n) is 8.85. The van der Waals surface area contributed by atoms with Gasteiger partial charge in [0, 0.05) is 16.3 Å². The van der Waals surface area contributed by atoms with E-state index in [1.165, 1.54) is 29.4 Å². The van der Waals surface area contributed by atoms with Gasteiger partial charge in [-0.05, 0) is 42.3 Å². The number of nitrogens with zero attached hydrogens (tertiary/aromatic N) is 2. The van der Waals surface area contributed by atoms with Gasteiger partial charge < -0.3 is 9.73 Å². The largest absolute Gasteiger partial charge is 0.472 e. The van der Waals surface area contributed by atoms with Crippen molar-refractivity contribution in [2.75, 3.05) is 11.1 Å². The molecule has 2 amide bonds. The highest BCUT2D eigenvalue weighted by atomic mass is 35.5. The Morgan fingerprint density at radius 1 is 1.24 bits per heavy atom. The number of hydrogen-bond acceptors (Lipinski definition) is 7. The second-order valence-electron chi connectivity index (χ2n) is 6.04. The predicted molar refractivity (Wildman–Crippen MR) is 114 cm³/mol. The Bertz CT molecular complexity index is 945. The smallest absolute Gasteiger partial charge is 0.249 e. The van der Waals surface area contributed by atoms with Crippen LogP contribution >= 0.6 is 34.7 Å². The molecule has 0 spiro atoms. The number of nitrogens with one attached hydrogen (secondary N) is 2. The minimum Gasteiger partial charge on any atom is -0.472 e. The molecule has 1 aromatic carbocycles. The van der Waals surface area contributed by atoms with Crippen LogP contribution in [0.5, 0.6) is 0 Å². The number of halogens is 1. The molecule has 3 rings (SSSR count). The first-order chi connectivity index (χ1) is 14.0. The van der Waals surface area contributed by atoms with E-state index in [1.807, 2.05) is 19.1 Å². The summed E-state index contributed by atoms with van der Waals surface area (Å²) in [4.78, 5) is 26.1. The summed E-state index contributed by atoms with van der Waals surface area (Å²) >= 11 is 8.56. The Morgan fingerprint density at radius 3 is 2.69 bits per heavy atom. The molecule has 0 aliphatic rings. The van der Waals surface area contributed by atoms with Crippen molar-refractivity contribution in [3.8, 4) is 0 Å². The molecule has 3 aromatic rings. The average molecular weight is 451 g/mol. The van der Waals surface area contributed by atoms with Gasteiger partial charge in [0.15, 0.2) is 0 Å². The summed E-state index contributed by atoms with van der Waals surface area (Å²) in [6.07, 6.45) is 4.12. The number of aryl methyl sites for hydroxylation is 1. The summed E-state index contributed by atoms with van der Waals surface area (Å²) in [5, 5.41) is 15.4. The molecule has 0 saturated heterocycles. The van der Waals surface area contributed by atoms with E-state index < -0.39 is 6.04 Å². The van der Waals surface area contributed by atoms with Crippen LogP contribution in [0.2, 0.25) is 5.02 Å². The molecular weight excluding hydrogens is 432 g/mol. The van der Waals surface area contributed by atoms with Crippen LogP contribution in [0.25, 0.3) is 0 Å². The van der Waals surface area contributed by atoms with Gasteiger partial charge in [0.25, 0.3) is 0 Å². The molecular formula is C19H19ClN4O3S2. The number of aromatic nitrogens is 2. The number of rotatable bonds is 9. The summed E-state index contributed by atoms with van der Waals surface area (Å²) < 4.78 is 5.07. The van der Waals surface area contributed by atoms with Gasteiger partial charge in [0.2, 0.25) is 16.9 Å². The van der Waals surface area contributed by atoms with Crippen LogP contribution in [0.4, 0.5) is 5.13 Å². The van der Waals surface area contributed by atoms with Crippen LogP contribution in [0.1, 0.15) is 17.5 Å². The maximum atomic E-state index is 12.7. The molecule has 0 bridgehead atoms. The lowest BCUT2D eigenvalue weighted by Gasteiger charge is -2.17. The van der Waals surface area contributed by atoms with Gasteiger partial charge in [-0.15, -0.1) is 22.0 Å². The number of furan rings is 1. The second-order valence-corrected chi connectivity index (χ2v) is 8.59. The van der Waals surface area contributed by atoms with Gasteiger partial charge in [-0.25, -0.2) is 0 Å². The fraction of sp³-hybridized carbons (Fsp3) is 0.263. The minimum absolute atomic E-state index is 0.176. The third-order valence-corrected chi connectivity index (χ3v) is 6.10. The van der Waals surface area contributed by atoms with Gasteiger partial charge in [0.1, 0.15) is 11.0 Å². The Morgan fingerprint density at radius 2 is 2.03 bits per heavy atom. The molecule has 152 valence electrons. The Kier molecular flexibility index (Phi) is 7.68. The summed E-state index contributed by atoms with van der Waals surface area (Å²) in [7, 11) is 0. The van der Waals surface area contributed by atoms with Crippen LogP contribution in [0.3, 0.4) is 0 Å². The van der Waals surface area contributed by atoms with E-state index in [1.54, 1.807) is 24.5 Å². The second kappa shape index (κ2) is 10.4. The minimum atomic E-state index is -0.764. The van der Waals surface area contributed by atoms with Gasteiger partial charge >= 0.3 is 0 Å². The van der Waals surface area contributed by atoms with Crippen molar-refractivity contribution in [1.29, 1.82) is 0 Å². The van der Waals surface area contributed by atoms with Gasteiger partial charge in [0.05, 0.1) is 18.3 Å². The van der Waals surface area contributed by atoms with E-state index in [4.69, 9.17) is 16.0 Å². The van der Waals surface area contributed by atoms with E-state index in [9.17, 15) is 9.59 Å². The van der Waals surface area contributed by atoms with Crippen molar-refractivity contribution < 1.29 is 14.0 Å². The molecule has 2 aromatic heterocycles. The van der Waals surface area contributed by atoms with E-state index in [-0.39, 0.29) is 17.6 Å². The number of anilines is 1. The number of carbonyl (C=O) groups is 2. The molecule has 0 aliphatic heterocycles. The molecule has 10 heteroatoms. The maximum absolute atomic E-state index is 12.7. The van der Waals surface area contributed by atoms with Crippen LogP contribution in [0, 0.1) is 0 Å². The highest BCUT2D eigenvalue weighted by Crippen LogP contribution is 2.20. The third kappa shape index (κ3) is 6.59. The van der Waals surface area contributed by atoms with Crippen molar-refractivity contribution in [2.45, 2.75) is 30.7 Å². The summed E-state index contributed by atoms with van der Waals surface area (Å²) in [5.74, 6) is -0.426. The zero-order chi connectivity index (χ0) is 20.6. The zero-order valence-electron chi connectivity index (χ0n) is 15.6. The molecule has 0 aliphatic carbocycles. The Hall–Kier alpha value is -2.36. The summed E-state index contributed by atoms with van der Waals surface area (Å²) in [6, 6.07) is 8.22. The first-order valence-corrected chi connectivity index (χ1v) is 11.0. The lowest BCUT2D eigenvalue weighted by atomic mass is 10.1. The number of carbonyl (C=O) groups excluding carboxylic acids is 2. The topological polar surface area (TPSA) is 97.1 Å². The molecule has 0 fully saturated rings. The number of amides is 2. The van der Waals surface area contributed by atoms with Crippen molar-refractivity contribution in [2.24, 2.45) is 0 Å². The van der Waals surface area contributed by atoms with Crippen LogP contribution < -0.4 is 10.6 Å². The van der Waals surface area contributed by atoms with E-state index >= 15 is 0 Å². The average Bonchev–Trinajstić information content (AvgIpc) is 3.39. The highest BCUT2D eigenvalue weighted by molar-refractivity contribution is 8.00. The molecule has 2 N–H and O–H groups in total. The monoisotopic (exact) mass is 450 g/mol. The van der Waals surface area contributed by atoms with E-state index in [0.717, 1.165) is 21.9 Å². The number of benzene rings is 1. The lowest BCUT2D eigenvalue weighted by molar-refractivity contribution is -0.124. The number of thioether (sulfide) groups is 1. The fourth-order valence-corrected chi connectivity index (χ4v) is 3.93. The molecule has 0 radical (unpaired) electrons. The standard InChI is InChI=1S/C19H19ClN4O3S2/c1-2-17-23-24-19(29-17)22-18(26)15(9-12-7-8-27-10-12)21-16(25)11-28-14-5-3-13(20)4-6-14/h3-8,10,15H,2,9,11H2,1H3,(H,21,25)(H,22,24,26). The molecule has 0 saturated carbocycles. The Labute approximate surface area is 181 Å². The van der Waals surface area contributed by atoms with Gasteiger partial charge in [-0.2, -0.15) is 0 Å². The van der Waals surface area contributed by atoms with Crippen LogP contribution in [0.15, 0.2) is 52.2 Å². The third-order valence-electron chi connectivity index (χ3n) is 3.85. The van der Waals surface area contributed by atoms with Gasteiger partial charge in [-0.1, -0.05) is 29.9 Å². The maximum Gasteiger partial charge on any atom is 0.249 e. The van der Waals surface area contributed by atoms with Crippen LogP contribution in [-0.4, -0.2) is 33.8 Å². The highest BCUT2D eigenvalue weighted by Gasteiger charge is 2.23. The lowest BCUT2D eigenvalue weighted by Crippen LogP contribution is -2.45. The quantitative estimate of drug-likeness (QED) is 0.481.